The predicted octanol–water partition coefficient (Wildman–Crippen LogP) is 3.13. The van der Waals surface area contributed by atoms with Crippen LogP contribution in [0.3, 0.4) is 0 Å². The first-order chi connectivity index (χ1) is 10.1. The summed E-state index contributed by atoms with van der Waals surface area (Å²) in [6.07, 6.45) is 0. The van der Waals surface area contributed by atoms with E-state index >= 15 is 0 Å². The topological polar surface area (TPSA) is 34.0 Å². The lowest BCUT2D eigenvalue weighted by Crippen LogP contribution is -2.48. The third-order valence-corrected chi connectivity index (χ3v) is 4.46. The minimum Gasteiger partial charge on any atom is -0.317 e. The average molecular weight is 284 g/mol. The Morgan fingerprint density at radius 2 is 1.90 bits per heavy atom. The van der Waals surface area contributed by atoms with Crippen LogP contribution in [0.4, 0.5) is 0 Å². The Morgan fingerprint density at radius 1 is 1.19 bits per heavy atom. The largest absolute Gasteiger partial charge is 0.317 e. The lowest BCUT2D eigenvalue weighted by atomic mass is 9.85. The van der Waals surface area contributed by atoms with Gasteiger partial charge in [-0.3, -0.25) is 4.90 Å². The number of likely N-dealkylation sites (tertiary alicyclic amines) is 1. The highest BCUT2D eigenvalue weighted by Crippen LogP contribution is 2.39. The van der Waals surface area contributed by atoms with Gasteiger partial charge < -0.3 is 4.57 Å². The van der Waals surface area contributed by atoms with Crippen LogP contribution in [0.1, 0.15) is 49.9 Å². The van der Waals surface area contributed by atoms with Crippen molar-refractivity contribution in [3.05, 3.63) is 47.5 Å². The van der Waals surface area contributed by atoms with Crippen LogP contribution in [0.25, 0.3) is 0 Å². The van der Waals surface area contributed by atoms with Crippen molar-refractivity contribution >= 4 is 0 Å². The van der Waals surface area contributed by atoms with Crippen LogP contribution in [0, 0.1) is 5.92 Å². The highest BCUT2D eigenvalue weighted by molar-refractivity contribution is 5.22. The van der Waals surface area contributed by atoms with E-state index in [-0.39, 0.29) is 0 Å². The van der Waals surface area contributed by atoms with Crippen molar-refractivity contribution in [2.45, 2.75) is 39.3 Å². The first-order valence-corrected chi connectivity index (χ1v) is 7.75. The molecule has 0 aliphatic carbocycles. The summed E-state index contributed by atoms with van der Waals surface area (Å²) in [5.41, 5.74) is 1.41. The van der Waals surface area contributed by atoms with Crippen molar-refractivity contribution in [3.8, 4) is 0 Å². The number of aromatic nitrogens is 3. The normalized spacial score (nSPS) is 22.5. The maximum atomic E-state index is 4.38. The monoisotopic (exact) mass is 284 g/mol. The number of nitrogens with zero attached hydrogens (tertiary/aromatic N) is 4. The molecule has 4 heteroatoms. The minimum absolute atomic E-state index is 0.413. The summed E-state index contributed by atoms with van der Waals surface area (Å²) in [7, 11) is 2.07. The molecule has 2 aromatic rings. The van der Waals surface area contributed by atoms with Gasteiger partial charge in [0.15, 0.2) is 0 Å². The minimum atomic E-state index is 0.413. The summed E-state index contributed by atoms with van der Waals surface area (Å²) >= 11 is 0. The molecule has 0 spiro atoms. The van der Waals surface area contributed by atoms with Gasteiger partial charge in [0, 0.05) is 25.6 Å². The van der Waals surface area contributed by atoms with Gasteiger partial charge in [0.1, 0.15) is 11.6 Å². The fourth-order valence-corrected chi connectivity index (χ4v) is 3.36. The van der Waals surface area contributed by atoms with Crippen molar-refractivity contribution in [2.24, 2.45) is 13.0 Å². The van der Waals surface area contributed by atoms with Crippen LogP contribution < -0.4 is 0 Å². The molecule has 0 N–H and O–H groups in total. The molecule has 112 valence electrons. The highest BCUT2D eigenvalue weighted by atomic mass is 15.3. The SMILES string of the molecule is CC(C)c1nnc(CN2C[C@@H](C)[C@@H]2c2ccccc2)n1C. The summed E-state index contributed by atoms with van der Waals surface area (Å²) in [6, 6.07) is 11.3. The lowest BCUT2D eigenvalue weighted by molar-refractivity contribution is 0.0132. The van der Waals surface area contributed by atoms with E-state index in [1.54, 1.807) is 0 Å². The van der Waals surface area contributed by atoms with Gasteiger partial charge in [-0.05, 0) is 11.5 Å². The second-order valence-electron chi connectivity index (χ2n) is 6.45. The van der Waals surface area contributed by atoms with E-state index in [1.807, 2.05) is 0 Å². The molecule has 1 fully saturated rings. The maximum Gasteiger partial charge on any atom is 0.146 e. The van der Waals surface area contributed by atoms with Crippen molar-refractivity contribution < 1.29 is 0 Å². The molecule has 0 amide bonds. The maximum absolute atomic E-state index is 4.38. The number of benzene rings is 1. The first-order valence-electron chi connectivity index (χ1n) is 7.75. The van der Waals surface area contributed by atoms with E-state index in [2.05, 4.69) is 77.8 Å². The molecular formula is C17H24N4. The number of hydrogen-bond donors (Lipinski definition) is 0. The van der Waals surface area contributed by atoms with E-state index in [0.29, 0.717) is 17.9 Å². The standard InChI is InChI=1S/C17H24N4/c1-12(2)17-19-18-15(20(17)4)11-21-10-13(3)16(21)14-8-6-5-7-9-14/h5-9,12-13,16H,10-11H2,1-4H3/t13-,16-/m1/s1. The third-order valence-electron chi connectivity index (χ3n) is 4.46. The van der Waals surface area contributed by atoms with Crippen molar-refractivity contribution in [1.29, 1.82) is 0 Å². The predicted molar refractivity (Wildman–Crippen MR) is 83.8 cm³/mol. The zero-order valence-corrected chi connectivity index (χ0v) is 13.3. The van der Waals surface area contributed by atoms with Crippen molar-refractivity contribution in [3.63, 3.8) is 0 Å². The van der Waals surface area contributed by atoms with E-state index in [1.165, 1.54) is 5.56 Å². The fraction of sp³-hybridized carbons (Fsp3) is 0.529. The fourth-order valence-electron chi connectivity index (χ4n) is 3.36. The summed E-state index contributed by atoms with van der Waals surface area (Å²) in [5.74, 6) is 3.24. The van der Waals surface area contributed by atoms with Crippen LogP contribution in [0.5, 0.6) is 0 Å². The van der Waals surface area contributed by atoms with E-state index in [4.69, 9.17) is 0 Å². The van der Waals surface area contributed by atoms with E-state index in [9.17, 15) is 0 Å². The van der Waals surface area contributed by atoms with Gasteiger partial charge in [0.2, 0.25) is 0 Å². The molecule has 21 heavy (non-hydrogen) atoms. The zero-order chi connectivity index (χ0) is 15.0. The Hall–Kier alpha value is -1.68. The Labute approximate surface area is 126 Å². The molecule has 0 radical (unpaired) electrons. The molecule has 2 heterocycles. The molecule has 4 nitrogen and oxygen atoms in total. The van der Waals surface area contributed by atoms with Crippen molar-refractivity contribution in [1.82, 2.24) is 19.7 Å². The van der Waals surface area contributed by atoms with E-state index < -0.39 is 0 Å². The van der Waals surface area contributed by atoms with Crippen LogP contribution >= 0.6 is 0 Å². The Bertz CT molecular complexity index is 603. The van der Waals surface area contributed by atoms with Gasteiger partial charge >= 0.3 is 0 Å². The molecule has 3 rings (SSSR count). The molecular weight excluding hydrogens is 260 g/mol. The third kappa shape index (κ3) is 2.60. The van der Waals surface area contributed by atoms with Gasteiger partial charge in [-0.2, -0.15) is 0 Å². The van der Waals surface area contributed by atoms with Gasteiger partial charge in [0.05, 0.1) is 6.54 Å². The van der Waals surface area contributed by atoms with Gasteiger partial charge in [-0.25, -0.2) is 0 Å². The summed E-state index contributed by atoms with van der Waals surface area (Å²) in [6.45, 7) is 8.65. The quantitative estimate of drug-likeness (QED) is 0.865. The molecule has 1 aromatic heterocycles. The molecule has 2 atom stereocenters. The molecule has 0 bridgehead atoms. The van der Waals surface area contributed by atoms with Crippen molar-refractivity contribution in [2.75, 3.05) is 6.54 Å². The Morgan fingerprint density at radius 3 is 2.48 bits per heavy atom. The first kappa shape index (κ1) is 14.3. The Kier molecular flexibility index (Phi) is 3.81. The summed E-state index contributed by atoms with van der Waals surface area (Å²) in [5, 5.41) is 8.71. The Balaban J connectivity index is 1.77. The number of hydrogen-bond acceptors (Lipinski definition) is 3. The molecule has 1 aliphatic rings. The van der Waals surface area contributed by atoms with Gasteiger partial charge in [0.25, 0.3) is 0 Å². The average Bonchev–Trinajstić information content (AvgIpc) is 2.81. The smallest absolute Gasteiger partial charge is 0.146 e. The zero-order valence-electron chi connectivity index (χ0n) is 13.3. The molecule has 1 aromatic carbocycles. The lowest BCUT2D eigenvalue weighted by Gasteiger charge is -2.46. The molecule has 1 saturated heterocycles. The molecule has 0 saturated carbocycles. The van der Waals surface area contributed by atoms with Gasteiger partial charge in [-0.15, -0.1) is 10.2 Å². The number of rotatable bonds is 4. The second kappa shape index (κ2) is 5.60. The van der Waals surface area contributed by atoms with E-state index in [0.717, 1.165) is 24.7 Å². The van der Waals surface area contributed by atoms with Crippen LogP contribution in [-0.4, -0.2) is 26.2 Å². The van der Waals surface area contributed by atoms with Gasteiger partial charge in [-0.1, -0.05) is 51.1 Å². The van der Waals surface area contributed by atoms with Crippen LogP contribution in [0.15, 0.2) is 30.3 Å². The highest BCUT2D eigenvalue weighted by Gasteiger charge is 2.37. The summed E-state index contributed by atoms with van der Waals surface area (Å²) < 4.78 is 2.15. The molecule has 0 unspecified atom stereocenters. The second-order valence-corrected chi connectivity index (χ2v) is 6.45. The molecule has 1 aliphatic heterocycles. The van der Waals surface area contributed by atoms with Crippen LogP contribution in [0.2, 0.25) is 0 Å². The van der Waals surface area contributed by atoms with Crippen LogP contribution in [-0.2, 0) is 13.6 Å². The summed E-state index contributed by atoms with van der Waals surface area (Å²) in [4.78, 5) is 2.49.